The van der Waals surface area contributed by atoms with Crippen molar-refractivity contribution < 1.29 is 14.3 Å². The second kappa shape index (κ2) is 6.84. The van der Waals surface area contributed by atoms with Crippen LogP contribution in [0.5, 0.6) is 11.5 Å². The second-order valence-corrected chi connectivity index (χ2v) is 7.19. The molecule has 0 aliphatic heterocycles. The van der Waals surface area contributed by atoms with Crippen LogP contribution >= 0.6 is 11.3 Å². The molecule has 0 bridgehead atoms. The number of carbonyl (C=O) groups excluding carboxylic acids is 1. The lowest BCUT2D eigenvalue weighted by Crippen LogP contribution is -2.11. The Morgan fingerprint density at radius 1 is 1.00 bits per heavy atom. The van der Waals surface area contributed by atoms with Crippen molar-refractivity contribution in [3.63, 3.8) is 0 Å². The van der Waals surface area contributed by atoms with Gasteiger partial charge in [-0.25, -0.2) is 0 Å². The van der Waals surface area contributed by atoms with Crippen LogP contribution in [-0.4, -0.2) is 20.1 Å². The van der Waals surface area contributed by atoms with E-state index in [1.807, 2.05) is 6.07 Å². The Hall–Kier alpha value is -2.79. The first-order valence-corrected chi connectivity index (χ1v) is 9.25. The molecule has 26 heavy (non-hydrogen) atoms. The van der Waals surface area contributed by atoms with Crippen LogP contribution in [0.15, 0.2) is 48.5 Å². The smallest absolute Gasteiger partial charge is 0.265 e. The molecule has 0 saturated heterocycles. The molecule has 0 radical (unpaired) electrons. The van der Waals surface area contributed by atoms with Crippen molar-refractivity contribution in [3.8, 4) is 21.9 Å². The molecule has 3 aromatic rings. The van der Waals surface area contributed by atoms with E-state index < -0.39 is 0 Å². The lowest BCUT2D eigenvalue weighted by molar-refractivity contribution is 0.103. The molecule has 2 aromatic carbocycles. The van der Waals surface area contributed by atoms with E-state index in [-0.39, 0.29) is 5.91 Å². The number of hydrogen-bond donors (Lipinski definition) is 1. The first kappa shape index (κ1) is 16.7. The number of benzene rings is 2. The third-order valence-electron chi connectivity index (χ3n) is 4.61. The summed E-state index contributed by atoms with van der Waals surface area (Å²) >= 11 is 1.54. The fraction of sp³-hybridized carbons (Fsp3) is 0.190. The molecule has 1 aromatic heterocycles. The third kappa shape index (κ3) is 2.95. The topological polar surface area (TPSA) is 47.6 Å². The maximum atomic E-state index is 12.8. The van der Waals surface area contributed by atoms with Gasteiger partial charge in [-0.05, 0) is 47.7 Å². The Morgan fingerprint density at radius 3 is 2.62 bits per heavy atom. The van der Waals surface area contributed by atoms with Crippen LogP contribution in [0.25, 0.3) is 10.4 Å². The lowest BCUT2D eigenvalue weighted by atomic mass is 9.91. The van der Waals surface area contributed by atoms with Gasteiger partial charge in [-0.1, -0.05) is 24.3 Å². The minimum atomic E-state index is -0.131. The molecule has 0 fully saturated rings. The van der Waals surface area contributed by atoms with Gasteiger partial charge in [-0.2, -0.15) is 0 Å². The normalized spacial score (nSPS) is 12.1. The van der Waals surface area contributed by atoms with Crippen molar-refractivity contribution in [2.45, 2.75) is 12.8 Å². The standard InChI is InChI=1S/C21H19NO3S/c1-24-15-9-10-18(25-2)17(12-15)22-21(23)19-11-14-8-7-13-5-3-4-6-16(13)20(14)26-19/h3-6,9-12H,7-8H2,1-2H3,(H,22,23). The molecule has 1 heterocycles. The van der Waals surface area contributed by atoms with Gasteiger partial charge in [-0.15, -0.1) is 11.3 Å². The summed E-state index contributed by atoms with van der Waals surface area (Å²) in [5.41, 5.74) is 4.44. The number of aryl methyl sites for hydroxylation is 2. The highest BCUT2D eigenvalue weighted by Gasteiger charge is 2.22. The van der Waals surface area contributed by atoms with Crippen molar-refractivity contribution >= 4 is 22.9 Å². The van der Waals surface area contributed by atoms with Gasteiger partial charge in [0.2, 0.25) is 0 Å². The van der Waals surface area contributed by atoms with Crippen molar-refractivity contribution in [1.82, 2.24) is 0 Å². The Bertz CT molecular complexity index is 977. The summed E-state index contributed by atoms with van der Waals surface area (Å²) in [5, 5.41) is 2.95. The Morgan fingerprint density at radius 2 is 1.81 bits per heavy atom. The number of carbonyl (C=O) groups is 1. The number of nitrogens with one attached hydrogen (secondary N) is 1. The molecule has 1 aliphatic carbocycles. The largest absolute Gasteiger partial charge is 0.497 e. The van der Waals surface area contributed by atoms with Gasteiger partial charge in [-0.3, -0.25) is 4.79 Å². The van der Waals surface area contributed by atoms with E-state index in [0.717, 1.165) is 12.8 Å². The third-order valence-corrected chi connectivity index (χ3v) is 5.82. The minimum absolute atomic E-state index is 0.131. The molecule has 1 aliphatic rings. The number of methoxy groups -OCH3 is 2. The number of hydrogen-bond acceptors (Lipinski definition) is 4. The molecule has 5 heteroatoms. The highest BCUT2D eigenvalue weighted by Crippen LogP contribution is 2.40. The maximum absolute atomic E-state index is 12.8. The van der Waals surface area contributed by atoms with E-state index in [2.05, 4.69) is 29.6 Å². The van der Waals surface area contributed by atoms with Crippen LogP contribution in [-0.2, 0) is 12.8 Å². The number of anilines is 1. The first-order chi connectivity index (χ1) is 12.7. The van der Waals surface area contributed by atoms with Crippen LogP contribution < -0.4 is 14.8 Å². The van der Waals surface area contributed by atoms with Crippen LogP contribution in [0.4, 0.5) is 5.69 Å². The monoisotopic (exact) mass is 365 g/mol. The molecule has 4 rings (SSSR count). The van der Waals surface area contributed by atoms with Crippen LogP contribution in [0.2, 0.25) is 0 Å². The molecule has 0 unspecified atom stereocenters. The van der Waals surface area contributed by atoms with Gasteiger partial charge in [0.15, 0.2) is 0 Å². The van der Waals surface area contributed by atoms with Crippen molar-refractivity contribution in [1.29, 1.82) is 0 Å². The molecule has 132 valence electrons. The summed E-state index contributed by atoms with van der Waals surface area (Å²) in [5.74, 6) is 1.14. The fourth-order valence-corrected chi connectivity index (χ4v) is 4.45. The quantitative estimate of drug-likeness (QED) is 0.723. The van der Waals surface area contributed by atoms with Crippen molar-refractivity contribution in [3.05, 3.63) is 64.5 Å². The molecule has 0 atom stereocenters. The number of thiophene rings is 1. The summed E-state index contributed by atoms with van der Waals surface area (Å²) in [6.45, 7) is 0. The maximum Gasteiger partial charge on any atom is 0.265 e. The number of amides is 1. The predicted molar refractivity (Wildman–Crippen MR) is 105 cm³/mol. The molecule has 1 N–H and O–H groups in total. The zero-order valence-corrected chi connectivity index (χ0v) is 15.5. The lowest BCUT2D eigenvalue weighted by Gasteiger charge is -2.15. The summed E-state index contributed by atoms with van der Waals surface area (Å²) in [6, 6.07) is 15.8. The minimum Gasteiger partial charge on any atom is -0.497 e. The first-order valence-electron chi connectivity index (χ1n) is 8.44. The van der Waals surface area contributed by atoms with E-state index in [0.29, 0.717) is 22.1 Å². The van der Waals surface area contributed by atoms with Crippen LogP contribution in [0.3, 0.4) is 0 Å². The van der Waals surface area contributed by atoms with E-state index in [1.54, 1.807) is 43.8 Å². The van der Waals surface area contributed by atoms with Crippen LogP contribution in [0.1, 0.15) is 20.8 Å². The van der Waals surface area contributed by atoms with Gasteiger partial charge >= 0.3 is 0 Å². The van der Waals surface area contributed by atoms with Gasteiger partial charge in [0.1, 0.15) is 11.5 Å². The zero-order chi connectivity index (χ0) is 18.1. The van der Waals surface area contributed by atoms with E-state index in [9.17, 15) is 4.79 Å². The summed E-state index contributed by atoms with van der Waals surface area (Å²) in [6.07, 6.45) is 1.99. The van der Waals surface area contributed by atoms with Crippen LogP contribution in [0, 0.1) is 0 Å². The molecule has 4 nitrogen and oxygen atoms in total. The van der Waals surface area contributed by atoms with E-state index in [1.165, 1.54) is 21.6 Å². The predicted octanol–water partition coefficient (Wildman–Crippen LogP) is 4.78. The molecule has 0 spiro atoms. The van der Waals surface area contributed by atoms with E-state index in [4.69, 9.17) is 9.47 Å². The van der Waals surface area contributed by atoms with Gasteiger partial charge in [0, 0.05) is 10.9 Å². The second-order valence-electron chi connectivity index (χ2n) is 6.14. The summed E-state index contributed by atoms with van der Waals surface area (Å²) in [4.78, 5) is 14.7. The number of fused-ring (bicyclic) bond motifs is 3. The average Bonchev–Trinajstić information content (AvgIpc) is 3.13. The fourth-order valence-electron chi connectivity index (χ4n) is 3.28. The van der Waals surface area contributed by atoms with Crippen molar-refractivity contribution in [2.75, 3.05) is 19.5 Å². The average molecular weight is 365 g/mol. The number of rotatable bonds is 4. The molecular formula is C21H19NO3S. The van der Waals surface area contributed by atoms with E-state index >= 15 is 0 Å². The highest BCUT2D eigenvalue weighted by molar-refractivity contribution is 7.17. The number of ether oxygens (including phenoxy) is 2. The Kier molecular flexibility index (Phi) is 4.39. The molecular weight excluding hydrogens is 346 g/mol. The van der Waals surface area contributed by atoms with Gasteiger partial charge in [0.05, 0.1) is 24.8 Å². The Labute approximate surface area is 156 Å². The highest BCUT2D eigenvalue weighted by atomic mass is 32.1. The molecule has 1 amide bonds. The summed E-state index contributed by atoms with van der Waals surface area (Å²) < 4.78 is 10.6. The van der Waals surface area contributed by atoms with Gasteiger partial charge in [0.25, 0.3) is 5.91 Å². The Balaban J connectivity index is 1.64. The van der Waals surface area contributed by atoms with Crippen molar-refractivity contribution in [2.24, 2.45) is 0 Å². The van der Waals surface area contributed by atoms with Gasteiger partial charge < -0.3 is 14.8 Å². The zero-order valence-electron chi connectivity index (χ0n) is 14.7. The molecule has 0 saturated carbocycles. The summed E-state index contributed by atoms with van der Waals surface area (Å²) in [7, 11) is 3.18. The SMILES string of the molecule is COc1ccc(OC)c(NC(=O)c2cc3c(s2)-c2ccccc2CC3)c1.